The number of aryl methyl sites for hydroxylation is 1. The lowest BCUT2D eigenvalue weighted by Crippen LogP contribution is -2.33. The third-order valence-electron chi connectivity index (χ3n) is 4.39. The van der Waals surface area contributed by atoms with Crippen molar-refractivity contribution in [2.45, 2.75) is 45.6 Å². The molecule has 1 saturated heterocycles. The summed E-state index contributed by atoms with van der Waals surface area (Å²) < 4.78 is 18.3. The summed E-state index contributed by atoms with van der Waals surface area (Å²) in [5.74, 6) is 1.19. The standard InChI is InChI=1S/C17H26N4O3/c1-3-21-16(6-7-19-21)17-13(5-4-8-23-17)10-18-11-14-9-15(12-22-2)24-20-14/h6-7,9,13,17-18H,3-5,8,10-12H2,1-2H3/t13-,17+/m0/s1. The normalized spacial score (nSPS) is 21.2. The fourth-order valence-electron chi connectivity index (χ4n) is 3.26. The van der Waals surface area contributed by atoms with E-state index in [1.54, 1.807) is 7.11 Å². The molecule has 1 fully saturated rings. The number of rotatable bonds is 8. The molecule has 3 heterocycles. The summed E-state index contributed by atoms with van der Waals surface area (Å²) in [5, 5.41) is 11.9. The van der Waals surface area contributed by atoms with E-state index >= 15 is 0 Å². The molecule has 24 heavy (non-hydrogen) atoms. The molecule has 0 amide bonds. The molecule has 0 spiro atoms. The highest BCUT2D eigenvalue weighted by Crippen LogP contribution is 2.33. The second-order valence-corrected chi connectivity index (χ2v) is 6.11. The highest BCUT2D eigenvalue weighted by atomic mass is 16.5. The van der Waals surface area contributed by atoms with Crippen LogP contribution in [0.15, 0.2) is 22.9 Å². The van der Waals surface area contributed by atoms with Crippen LogP contribution in [0.25, 0.3) is 0 Å². The van der Waals surface area contributed by atoms with Crippen LogP contribution in [-0.4, -0.2) is 35.2 Å². The van der Waals surface area contributed by atoms with Gasteiger partial charge in [-0.1, -0.05) is 5.16 Å². The molecule has 7 heteroatoms. The largest absolute Gasteiger partial charge is 0.377 e. The summed E-state index contributed by atoms with van der Waals surface area (Å²) in [7, 11) is 1.64. The molecule has 0 radical (unpaired) electrons. The van der Waals surface area contributed by atoms with Crippen molar-refractivity contribution in [3.05, 3.63) is 35.5 Å². The van der Waals surface area contributed by atoms with Gasteiger partial charge < -0.3 is 19.3 Å². The molecule has 0 saturated carbocycles. The van der Waals surface area contributed by atoms with Gasteiger partial charge in [-0.05, 0) is 25.8 Å². The van der Waals surface area contributed by atoms with Gasteiger partial charge in [-0.15, -0.1) is 0 Å². The van der Waals surface area contributed by atoms with Crippen LogP contribution >= 0.6 is 0 Å². The number of aromatic nitrogens is 3. The maximum atomic E-state index is 6.06. The number of hydrogen-bond donors (Lipinski definition) is 1. The molecule has 0 aliphatic carbocycles. The Kier molecular flexibility index (Phi) is 6.01. The molecule has 3 rings (SSSR count). The highest BCUT2D eigenvalue weighted by molar-refractivity contribution is 5.08. The van der Waals surface area contributed by atoms with Gasteiger partial charge in [0.1, 0.15) is 12.7 Å². The molecular formula is C17H26N4O3. The average molecular weight is 334 g/mol. The Morgan fingerprint density at radius 1 is 1.46 bits per heavy atom. The molecule has 132 valence electrons. The van der Waals surface area contributed by atoms with Crippen LogP contribution < -0.4 is 5.32 Å². The number of ether oxygens (including phenoxy) is 2. The zero-order valence-electron chi connectivity index (χ0n) is 14.4. The first-order valence-electron chi connectivity index (χ1n) is 8.59. The first-order chi connectivity index (χ1) is 11.8. The maximum absolute atomic E-state index is 6.06. The van der Waals surface area contributed by atoms with E-state index in [0.717, 1.165) is 44.0 Å². The van der Waals surface area contributed by atoms with Gasteiger partial charge in [-0.3, -0.25) is 4.68 Å². The fourth-order valence-corrected chi connectivity index (χ4v) is 3.26. The Labute approximate surface area is 142 Å². The second kappa shape index (κ2) is 8.41. The minimum Gasteiger partial charge on any atom is -0.377 e. The summed E-state index contributed by atoms with van der Waals surface area (Å²) in [5.41, 5.74) is 2.07. The smallest absolute Gasteiger partial charge is 0.162 e. The summed E-state index contributed by atoms with van der Waals surface area (Å²) >= 11 is 0. The maximum Gasteiger partial charge on any atom is 0.162 e. The third kappa shape index (κ3) is 4.03. The van der Waals surface area contributed by atoms with Crippen LogP contribution in [0.5, 0.6) is 0 Å². The SMILES string of the molecule is CCn1nccc1[C@@H]1OCCC[C@H]1CNCc1cc(COC)on1. The summed E-state index contributed by atoms with van der Waals surface area (Å²) in [6, 6.07) is 4.00. The monoisotopic (exact) mass is 334 g/mol. The quantitative estimate of drug-likeness (QED) is 0.798. The van der Waals surface area contributed by atoms with E-state index in [1.165, 1.54) is 5.69 Å². The van der Waals surface area contributed by atoms with Gasteiger partial charge in [-0.25, -0.2) is 0 Å². The molecular weight excluding hydrogens is 308 g/mol. The van der Waals surface area contributed by atoms with Crippen molar-refractivity contribution < 1.29 is 14.0 Å². The predicted molar refractivity (Wildman–Crippen MR) is 88.2 cm³/mol. The van der Waals surface area contributed by atoms with Crippen molar-refractivity contribution in [2.24, 2.45) is 5.92 Å². The van der Waals surface area contributed by atoms with Gasteiger partial charge in [0.15, 0.2) is 5.76 Å². The Balaban J connectivity index is 1.56. The van der Waals surface area contributed by atoms with E-state index in [4.69, 9.17) is 14.0 Å². The molecule has 2 atom stereocenters. The molecule has 7 nitrogen and oxygen atoms in total. The van der Waals surface area contributed by atoms with Crippen LogP contribution in [0.4, 0.5) is 0 Å². The van der Waals surface area contributed by atoms with Crippen LogP contribution in [-0.2, 0) is 29.2 Å². The van der Waals surface area contributed by atoms with Crippen LogP contribution in [0, 0.1) is 5.92 Å². The van der Waals surface area contributed by atoms with E-state index in [2.05, 4.69) is 28.6 Å². The number of hydrogen-bond acceptors (Lipinski definition) is 6. The number of nitrogens with one attached hydrogen (secondary N) is 1. The number of methoxy groups -OCH3 is 1. The van der Waals surface area contributed by atoms with Crippen molar-refractivity contribution in [2.75, 3.05) is 20.3 Å². The molecule has 2 aromatic rings. The molecule has 2 aromatic heterocycles. The van der Waals surface area contributed by atoms with Crippen molar-refractivity contribution in [3.8, 4) is 0 Å². The van der Waals surface area contributed by atoms with Crippen molar-refractivity contribution in [1.29, 1.82) is 0 Å². The summed E-state index contributed by atoms with van der Waals surface area (Å²) in [6.45, 7) is 5.81. The van der Waals surface area contributed by atoms with E-state index in [9.17, 15) is 0 Å². The van der Waals surface area contributed by atoms with Crippen molar-refractivity contribution in [1.82, 2.24) is 20.3 Å². The van der Waals surface area contributed by atoms with Gasteiger partial charge in [0.2, 0.25) is 0 Å². The Bertz CT molecular complexity index is 625. The lowest BCUT2D eigenvalue weighted by molar-refractivity contribution is -0.0327. The van der Waals surface area contributed by atoms with E-state index < -0.39 is 0 Å². The van der Waals surface area contributed by atoms with Crippen molar-refractivity contribution >= 4 is 0 Å². The molecule has 0 unspecified atom stereocenters. The van der Waals surface area contributed by atoms with Gasteiger partial charge in [-0.2, -0.15) is 5.10 Å². The lowest BCUT2D eigenvalue weighted by Gasteiger charge is -2.32. The first-order valence-corrected chi connectivity index (χ1v) is 8.59. The zero-order valence-corrected chi connectivity index (χ0v) is 14.4. The minimum absolute atomic E-state index is 0.107. The van der Waals surface area contributed by atoms with Gasteiger partial charge >= 0.3 is 0 Å². The van der Waals surface area contributed by atoms with E-state index in [-0.39, 0.29) is 6.10 Å². The second-order valence-electron chi connectivity index (χ2n) is 6.11. The van der Waals surface area contributed by atoms with Crippen LogP contribution in [0.1, 0.15) is 43.0 Å². The molecule has 1 N–H and O–H groups in total. The zero-order chi connectivity index (χ0) is 16.8. The van der Waals surface area contributed by atoms with Gasteiger partial charge in [0.05, 0.1) is 11.4 Å². The van der Waals surface area contributed by atoms with E-state index in [0.29, 0.717) is 19.1 Å². The van der Waals surface area contributed by atoms with Gasteiger partial charge in [0.25, 0.3) is 0 Å². The number of nitrogens with zero attached hydrogens (tertiary/aromatic N) is 3. The lowest BCUT2D eigenvalue weighted by atomic mass is 9.92. The topological polar surface area (TPSA) is 74.3 Å². The molecule has 0 aromatic carbocycles. The Morgan fingerprint density at radius 3 is 3.21 bits per heavy atom. The average Bonchev–Trinajstić information content (AvgIpc) is 3.25. The van der Waals surface area contributed by atoms with Gasteiger partial charge in [0, 0.05) is 51.5 Å². The highest BCUT2D eigenvalue weighted by Gasteiger charge is 2.29. The minimum atomic E-state index is 0.107. The Morgan fingerprint density at radius 2 is 2.38 bits per heavy atom. The molecule has 1 aliphatic rings. The predicted octanol–water partition coefficient (Wildman–Crippen LogP) is 2.29. The Hall–Kier alpha value is -1.70. The van der Waals surface area contributed by atoms with Crippen molar-refractivity contribution in [3.63, 3.8) is 0 Å². The first kappa shape index (κ1) is 17.1. The molecule has 0 bridgehead atoms. The molecule has 1 aliphatic heterocycles. The van der Waals surface area contributed by atoms with Crippen LogP contribution in [0.3, 0.4) is 0 Å². The third-order valence-corrected chi connectivity index (χ3v) is 4.39. The van der Waals surface area contributed by atoms with Crippen LogP contribution in [0.2, 0.25) is 0 Å². The summed E-state index contributed by atoms with van der Waals surface area (Å²) in [4.78, 5) is 0. The fraction of sp³-hybridized carbons (Fsp3) is 0.647. The summed E-state index contributed by atoms with van der Waals surface area (Å²) in [6.07, 6.45) is 4.22. The van der Waals surface area contributed by atoms with E-state index in [1.807, 2.05) is 16.9 Å².